The summed E-state index contributed by atoms with van der Waals surface area (Å²) in [5, 5.41) is 10.4. The minimum atomic E-state index is -0.609. The maximum atomic E-state index is 14.5. The Bertz CT molecular complexity index is 1120. The van der Waals surface area contributed by atoms with Gasteiger partial charge in [-0.3, -0.25) is 9.78 Å². The number of benzene rings is 2. The molecular weight excluding hydrogens is 371 g/mol. The average molecular weight is 390 g/mol. The van der Waals surface area contributed by atoms with Crippen molar-refractivity contribution in [1.82, 2.24) is 10.3 Å². The number of urea groups is 1. The molecule has 0 bridgehead atoms. The lowest BCUT2D eigenvalue weighted by atomic mass is 10.0. The predicted octanol–water partition coefficient (Wildman–Crippen LogP) is 3.67. The molecule has 3 N–H and O–H groups in total. The van der Waals surface area contributed by atoms with Crippen molar-refractivity contribution in [3.05, 3.63) is 66.2 Å². The van der Waals surface area contributed by atoms with Crippen LogP contribution in [-0.4, -0.2) is 29.9 Å². The summed E-state index contributed by atoms with van der Waals surface area (Å²) in [6, 6.07) is 11.1. The molecule has 1 saturated carbocycles. The van der Waals surface area contributed by atoms with Gasteiger partial charge in [0.25, 0.3) is 0 Å². The van der Waals surface area contributed by atoms with Crippen LogP contribution in [0.15, 0.2) is 54.9 Å². The van der Waals surface area contributed by atoms with Gasteiger partial charge in [0.05, 0.1) is 16.9 Å². The van der Waals surface area contributed by atoms with E-state index in [-0.39, 0.29) is 34.8 Å². The summed E-state index contributed by atoms with van der Waals surface area (Å²) >= 11 is 0. The molecule has 29 heavy (non-hydrogen) atoms. The normalized spacial score (nSPS) is 22.2. The number of amides is 2. The number of fused-ring (bicyclic) bond motifs is 2. The molecule has 2 aromatic carbocycles. The lowest BCUT2D eigenvalue weighted by Gasteiger charge is -2.14. The molecule has 1 saturated heterocycles. The molecule has 146 valence electrons. The fourth-order valence-corrected chi connectivity index (χ4v) is 4.36. The van der Waals surface area contributed by atoms with Crippen LogP contribution in [-0.2, 0) is 0 Å². The smallest absolute Gasteiger partial charge is 0.316 e. The maximum absolute atomic E-state index is 14.5. The first-order valence-corrected chi connectivity index (χ1v) is 9.57. The van der Waals surface area contributed by atoms with E-state index in [1.807, 2.05) is 18.2 Å². The number of rotatable bonds is 4. The summed E-state index contributed by atoms with van der Waals surface area (Å²) in [7, 11) is 0. The third kappa shape index (κ3) is 3.13. The first kappa shape index (κ1) is 17.8. The van der Waals surface area contributed by atoms with Gasteiger partial charge in [-0.1, -0.05) is 18.2 Å². The quantitative estimate of drug-likeness (QED) is 0.594. The van der Waals surface area contributed by atoms with Crippen molar-refractivity contribution in [1.29, 1.82) is 0 Å². The van der Waals surface area contributed by atoms with Crippen molar-refractivity contribution in [3.8, 4) is 0 Å². The van der Waals surface area contributed by atoms with Gasteiger partial charge in [0.15, 0.2) is 5.78 Å². The Labute approximate surface area is 166 Å². The zero-order valence-corrected chi connectivity index (χ0v) is 15.5. The highest BCUT2D eigenvalue weighted by Crippen LogP contribution is 2.51. The zero-order chi connectivity index (χ0) is 20.0. The topological polar surface area (TPSA) is 83.1 Å². The van der Waals surface area contributed by atoms with Gasteiger partial charge in [-0.2, -0.15) is 0 Å². The van der Waals surface area contributed by atoms with Gasteiger partial charge in [-0.15, -0.1) is 0 Å². The molecule has 0 radical (unpaired) electrons. The van der Waals surface area contributed by atoms with Crippen LogP contribution in [0.4, 0.5) is 20.6 Å². The highest BCUT2D eigenvalue weighted by Gasteiger charge is 2.57. The fourth-order valence-electron chi connectivity index (χ4n) is 4.36. The highest BCUT2D eigenvalue weighted by atomic mass is 19.1. The summed E-state index contributed by atoms with van der Waals surface area (Å²) in [6.45, 7) is 1.57. The van der Waals surface area contributed by atoms with Crippen LogP contribution in [0, 0.1) is 23.6 Å². The molecule has 1 aromatic heterocycles. The van der Waals surface area contributed by atoms with Gasteiger partial charge in [0, 0.05) is 29.1 Å². The van der Waals surface area contributed by atoms with Crippen LogP contribution >= 0.6 is 0 Å². The standard InChI is InChI=1S/C22H19FN4O2/c23-16-4-2-6-18(20(16)21(28)19-14-10-25-11-15(14)19)27-22(29)26-17-5-1-3-12-9-24-8-7-13(12)17/h1-9,14-15,19,25H,10-11H2,(H2,26,27,29). The zero-order valence-electron chi connectivity index (χ0n) is 15.5. The van der Waals surface area contributed by atoms with Crippen molar-refractivity contribution in [3.63, 3.8) is 0 Å². The predicted molar refractivity (Wildman–Crippen MR) is 108 cm³/mol. The molecule has 5 rings (SSSR count). The average Bonchev–Trinajstić information content (AvgIpc) is 3.19. The van der Waals surface area contributed by atoms with Crippen molar-refractivity contribution in [2.75, 3.05) is 23.7 Å². The number of hydrogen-bond acceptors (Lipinski definition) is 4. The van der Waals surface area contributed by atoms with E-state index in [0.29, 0.717) is 5.69 Å². The maximum Gasteiger partial charge on any atom is 0.323 e. The van der Waals surface area contributed by atoms with Crippen molar-refractivity contribution in [2.45, 2.75) is 0 Å². The molecule has 2 heterocycles. The Kier molecular flexibility index (Phi) is 4.24. The van der Waals surface area contributed by atoms with Gasteiger partial charge in [0.1, 0.15) is 5.82 Å². The Morgan fingerprint density at radius 2 is 1.72 bits per heavy atom. The summed E-state index contributed by atoms with van der Waals surface area (Å²) < 4.78 is 14.5. The molecule has 6 nitrogen and oxygen atoms in total. The number of piperidine rings is 1. The Morgan fingerprint density at radius 3 is 2.55 bits per heavy atom. The Hall–Kier alpha value is -3.32. The van der Waals surface area contributed by atoms with Gasteiger partial charge in [-0.25, -0.2) is 9.18 Å². The van der Waals surface area contributed by atoms with Gasteiger partial charge >= 0.3 is 6.03 Å². The largest absolute Gasteiger partial charge is 0.323 e. The minimum absolute atomic E-state index is 0.0378. The van der Waals surface area contributed by atoms with Crippen LogP contribution in [0.25, 0.3) is 10.8 Å². The van der Waals surface area contributed by atoms with Crippen LogP contribution in [0.3, 0.4) is 0 Å². The summed E-state index contributed by atoms with van der Waals surface area (Å²) in [5.41, 5.74) is 0.756. The first-order valence-electron chi connectivity index (χ1n) is 9.57. The van der Waals surface area contributed by atoms with E-state index >= 15 is 0 Å². The van der Waals surface area contributed by atoms with Crippen LogP contribution in [0.5, 0.6) is 0 Å². The van der Waals surface area contributed by atoms with E-state index in [1.54, 1.807) is 24.5 Å². The number of nitrogens with one attached hydrogen (secondary N) is 3. The number of Topliss-reactive ketones (excluding diaryl/α,β-unsaturated/α-hetero) is 1. The first-order chi connectivity index (χ1) is 14.1. The van der Waals surface area contributed by atoms with Crippen molar-refractivity contribution >= 4 is 34.0 Å². The molecule has 7 heteroatoms. The van der Waals surface area contributed by atoms with Crippen LogP contribution in [0.2, 0.25) is 0 Å². The van der Waals surface area contributed by atoms with Crippen LogP contribution in [0.1, 0.15) is 10.4 Å². The monoisotopic (exact) mass is 390 g/mol. The SMILES string of the molecule is O=C(Nc1cccc(F)c1C(=O)C1C2CNCC21)Nc1cccc2cnccc12. The van der Waals surface area contributed by atoms with E-state index < -0.39 is 11.8 Å². The fraction of sp³-hybridized carbons (Fsp3) is 0.227. The molecule has 1 aliphatic carbocycles. The van der Waals surface area contributed by atoms with Gasteiger partial charge in [0.2, 0.25) is 0 Å². The molecule has 2 aliphatic rings. The molecule has 0 spiro atoms. The second-order valence-corrected chi connectivity index (χ2v) is 7.52. The van der Waals surface area contributed by atoms with Crippen molar-refractivity contribution < 1.29 is 14.0 Å². The number of halogens is 1. The number of ketones is 1. The Balaban J connectivity index is 1.38. The summed E-state index contributed by atoms with van der Waals surface area (Å²) in [6.07, 6.45) is 3.36. The molecule has 2 atom stereocenters. The second-order valence-electron chi connectivity index (χ2n) is 7.52. The van der Waals surface area contributed by atoms with Crippen LogP contribution < -0.4 is 16.0 Å². The molecule has 1 aliphatic heterocycles. The molecule has 2 amide bonds. The Morgan fingerprint density at radius 1 is 1.00 bits per heavy atom. The second kappa shape index (κ2) is 6.93. The summed E-state index contributed by atoms with van der Waals surface area (Å²) in [4.78, 5) is 29.6. The van der Waals surface area contributed by atoms with E-state index in [0.717, 1.165) is 23.9 Å². The third-order valence-corrected chi connectivity index (χ3v) is 5.83. The van der Waals surface area contributed by atoms with Gasteiger partial charge in [-0.05, 0) is 49.2 Å². The van der Waals surface area contributed by atoms with E-state index in [9.17, 15) is 14.0 Å². The molecule has 2 fully saturated rings. The number of hydrogen-bond donors (Lipinski definition) is 3. The van der Waals surface area contributed by atoms with E-state index in [2.05, 4.69) is 20.9 Å². The van der Waals surface area contributed by atoms with Gasteiger partial charge < -0.3 is 16.0 Å². The lowest BCUT2D eigenvalue weighted by Crippen LogP contribution is -2.23. The number of carbonyl (C=O) groups is 2. The number of carbonyl (C=O) groups excluding carboxylic acids is 2. The number of nitrogens with zero attached hydrogens (tertiary/aromatic N) is 1. The summed E-state index contributed by atoms with van der Waals surface area (Å²) in [5.74, 6) is -0.461. The van der Waals surface area contributed by atoms with Crippen molar-refractivity contribution in [2.24, 2.45) is 17.8 Å². The number of pyridine rings is 1. The molecule has 2 unspecified atom stereocenters. The highest BCUT2D eigenvalue weighted by molar-refractivity contribution is 6.11. The van der Waals surface area contributed by atoms with E-state index in [1.165, 1.54) is 12.1 Å². The third-order valence-electron chi connectivity index (χ3n) is 5.83. The number of aromatic nitrogens is 1. The molecule has 3 aromatic rings. The molecular formula is C22H19FN4O2. The minimum Gasteiger partial charge on any atom is -0.316 e. The van der Waals surface area contributed by atoms with E-state index in [4.69, 9.17) is 0 Å². The number of anilines is 2. The lowest BCUT2D eigenvalue weighted by molar-refractivity contribution is 0.0950.